The van der Waals surface area contributed by atoms with E-state index in [-0.39, 0.29) is 12.0 Å². The van der Waals surface area contributed by atoms with Gasteiger partial charge in [-0.05, 0) is 11.6 Å². The highest BCUT2D eigenvalue weighted by Gasteiger charge is 2.31. The van der Waals surface area contributed by atoms with Crippen molar-refractivity contribution in [3.63, 3.8) is 0 Å². The van der Waals surface area contributed by atoms with E-state index in [1.165, 1.54) is 0 Å². The predicted octanol–water partition coefficient (Wildman–Crippen LogP) is 1.68. The zero-order chi connectivity index (χ0) is 13.9. The normalized spacial score (nSPS) is 13.2. The van der Waals surface area contributed by atoms with E-state index in [1.54, 1.807) is 0 Å². The van der Waals surface area contributed by atoms with Crippen molar-refractivity contribution >= 4 is 5.97 Å². The molecular weight excluding hydrogens is 258 g/mol. The molecule has 0 radical (unpaired) electrons. The Morgan fingerprint density at radius 1 is 1.44 bits per heavy atom. The van der Waals surface area contributed by atoms with Gasteiger partial charge in [-0.3, -0.25) is 4.79 Å². The van der Waals surface area contributed by atoms with Crippen molar-refractivity contribution in [2.24, 2.45) is 5.73 Å². The van der Waals surface area contributed by atoms with E-state index in [0.29, 0.717) is 6.07 Å². The van der Waals surface area contributed by atoms with Crippen LogP contribution in [0, 0.1) is 5.82 Å². The van der Waals surface area contributed by atoms with Gasteiger partial charge in [-0.2, -0.15) is 0 Å². The number of ether oxygens (including phenoxy) is 1. The first kappa shape index (κ1) is 14.2. The molecule has 0 amide bonds. The van der Waals surface area contributed by atoms with Crippen LogP contribution in [0.2, 0.25) is 0 Å². The van der Waals surface area contributed by atoms with Gasteiger partial charge in [0.25, 0.3) is 0 Å². The van der Waals surface area contributed by atoms with Crippen molar-refractivity contribution < 1.29 is 32.2 Å². The molecule has 1 aromatic carbocycles. The summed E-state index contributed by atoms with van der Waals surface area (Å²) in [7, 11) is 0. The summed E-state index contributed by atoms with van der Waals surface area (Å²) in [6, 6.07) is 1.09. The van der Waals surface area contributed by atoms with Gasteiger partial charge < -0.3 is 15.6 Å². The zero-order valence-corrected chi connectivity index (χ0v) is 8.87. The minimum Gasteiger partial charge on any atom is -0.480 e. The third kappa shape index (κ3) is 4.21. The molecule has 0 heterocycles. The fourth-order valence-electron chi connectivity index (χ4n) is 1.21. The Balaban J connectivity index is 2.83. The fourth-order valence-corrected chi connectivity index (χ4v) is 1.21. The first-order valence-corrected chi connectivity index (χ1v) is 4.71. The lowest BCUT2D eigenvalue weighted by atomic mass is 10.1. The molecule has 3 N–H and O–H groups in total. The Morgan fingerprint density at radius 2 is 2.06 bits per heavy atom. The molecule has 1 aromatic rings. The van der Waals surface area contributed by atoms with Gasteiger partial charge in [-0.25, -0.2) is 4.39 Å². The second-order valence-corrected chi connectivity index (χ2v) is 3.45. The monoisotopic (exact) mass is 267 g/mol. The molecular formula is C10H9F4NO3. The molecule has 0 aromatic heterocycles. The van der Waals surface area contributed by atoms with Crippen LogP contribution in [-0.4, -0.2) is 23.5 Å². The van der Waals surface area contributed by atoms with E-state index in [2.05, 4.69) is 4.74 Å². The van der Waals surface area contributed by atoms with Crippen LogP contribution in [0.15, 0.2) is 18.2 Å². The molecule has 18 heavy (non-hydrogen) atoms. The largest absolute Gasteiger partial charge is 0.573 e. The lowest BCUT2D eigenvalue weighted by Gasteiger charge is -2.11. The standard InChI is InChI=1S/C10H9F4NO3/c11-7-4-6(18-10(12,13)14)2-1-5(7)3-8(15)9(16)17/h1-2,4,8H,3,15H2,(H,16,17)/t8-/m1/s1. The summed E-state index contributed by atoms with van der Waals surface area (Å²) < 4.78 is 52.4. The van der Waals surface area contributed by atoms with Crippen molar-refractivity contribution in [2.45, 2.75) is 18.8 Å². The molecule has 0 bridgehead atoms. The number of benzene rings is 1. The minimum absolute atomic E-state index is 0.0978. The molecule has 100 valence electrons. The topological polar surface area (TPSA) is 72.5 Å². The zero-order valence-electron chi connectivity index (χ0n) is 8.87. The van der Waals surface area contributed by atoms with Crippen molar-refractivity contribution in [3.8, 4) is 5.75 Å². The second kappa shape index (κ2) is 5.21. The second-order valence-electron chi connectivity index (χ2n) is 3.45. The summed E-state index contributed by atoms with van der Waals surface area (Å²) in [4.78, 5) is 10.4. The Hall–Kier alpha value is -1.83. The summed E-state index contributed by atoms with van der Waals surface area (Å²) in [5, 5.41) is 8.52. The van der Waals surface area contributed by atoms with Gasteiger partial charge in [0.15, 0.2) is 0 Å². The Morgan fingerprint density at radius 3 is 2.50 bits per heavy atom. The highest BCUT2D eigenvalue weighted by molar-refractivity contribution is 5.73. The number of carbonyl (C=O) groups is 1. The van der Waals surface area contributed by atoms with Crippen molar-refractivity contribution in [2.75, 3.05) is 0 Å². The summed E-state index contributed by atoms with van der Waals surface area (Å²) in [6.07, 6.45) is -5.24. The molecule has 0 spiro atoms. The van der Waals surface area contributed by atoms with Crippen LogP contribution < -0.4 is 10.5 Å². The SMILES string of the molecule is N[C@H](Cc1ccc(OC(F)(F)F)cc1F)C(=O)O. The molecule has 1 rings (SSSR count). The van der Waals surface area contributed by atoms with Gasteiger partial charge in [0.2, 0.25) is 0 Å². The average molecular weight is 267 g/mol. The van der Waals surface area contributed by atoms with Crippen molar-refractivity contribution in [1.82, 2.24) is 0 Å². The number of rotatable bonds is 4. The highest BCUT2D eigenvalue weighted by Crippen LogP contribution is 2.24. The van der Waals surface area contributed by atoms with E-state index >= 15 is 0 Å². The third-order valence-corrected chi connectivity index (χ3v) is 2.02. The van der Waals surface area contributed by atoms with Gasteiger partial charge in [-0.15, -0.1) is 13.2 Å². The summed E-state index contributed by atoms with van der Waals surface area (Å²) in [5.41, 5.74) is 5.08. The number of halogens is 4. The molecule has 8 heteroatoms. The Labute approximate surface area is 99.0 Å². The van der Waals surface area contributed by atoms with E-state index in [0.717, 1.165) is 12.1 Å². The number of aliphatic carboxylic acids is 1. The summed E-state index contributed by atoms with van der Waals surface area (Å²) in [5.74, 6) is -3.05. The van der Waals surface area contributed by atoms with Crippen LogP contribution in [0.25, 0.3) is 0 Å². The fraction of sp³-hybridized carbons (Fsp3) is 0.300. The van der Waals surface area contributed by atoms with Crippen molar-refractivity contribution in [3.05, 3.63) is 29.6 Å². The number of hydrogen-bond donors (Lipinski definition) is 2. The van der Waals surface area contributed by atoms with Gasteiger partial charge in [0.1, 0.15) is 17.6 Å². The molecule has 0 aliphatic rings. The third-order valence-electron chi connectivity index (χ3n) is 2.02. The molecule has 0 unspecified atom stereocenters. The predicted molar refractivity (Wildman–Crippen MR) is 52.4 cm³/mol. The van der Waals surface area contributed by atoms with Crippen LogP contribution in [0.5, 0.6) is 5.75 Å². The summed E-state index contributed by atoms with van der Waals surface area (Å²) in [6.45, 7) is 0. The van der Waals surface area contributed by atoms with Crippen LogP contribution in [0.1, 0.15) is 5.56 Å². The van der Waals surface area contributed by atoms with Gasteiger partial charge in [-0.1, -0.05) is 6.07 Å². The summed E-state index contributed by atoms with van der Waals surface area (Å²) >= 11 is 0. The molecule has 0 aliphatic heterocycles. The van der Waals surface area contributed by atoms with E-state index in [9.17, 15) is 22.4 Å². The maximum absolute atomic E-state index is 13.4. The van der Waals surface area contributed by atoms with Gasteiger partial charge in [0, 0.05) is 12.5 Å². The molecule has 0 saturated carbocycles. The molecule has 1 atom stereocenters. The van der Waals surface area contributed by atoms with Gasteiger partial charge in [0.05, 0.1) is 0 Å². The maximum atomic E-state index is 13.4. The average Bonchev–Trinajstić information content (AvgIpc) is 2.19. The van der Waals surface area contributed by atoms with Crippen LogP contribution in [0.4, 0.5) is 17.6 Å². The lowest BCUT2D eigenvalue weighted by Crippen LogP contribution is -2.32. The van der Waals surface area contributed by atoms with Gasteiger partial charge >= 0.3 is 12.3 Å². The Kier molecular flexibility index (Phi) is 4.12. The van der Waals surface area contributed by atoms with Crippen LogP contribution in [0.3, 0.4) is 0 Å². The van der Waals surface area contributed by atoms with Crippen molar-refractivity contribution in [1.29, 1.82) is 0 Å². The first-order valence-electron chi connectivity index (χ1n) is 4.71. The number of carboxylic acids is 1. The first-order chi connectivity index (χ1) is 8.19. The van der Waals surface area contributed by atoms with E-state index in [4.69, 9.17) is 10.8 Å². The van der Waals surface area contributed by atoms with Crippen LogP contribution in [-0.2, 0) is 11.2 Å². The Bertz CT molecular complexity index is 447. The number of nitrogens with two attached hydrogens (primary N) is 1. The minimum atomic E-state index is -4.91. The molecule has 0 fully saturated rings. The quantitative estimate of drug-likeness (QED) is 0.814. The number of hydrogen-bond acceptors (Lipinski definition) is 3. The maximum Gasteiger partial charge on any atom is 0.573 e. The number of alkyl halides is 3. The molecule has 0 saturated heterocycles. The lowest BCUT2D eigenvalue weighted by molar-refractivity contribution is -0.274. The smallest absolute Gasteiger partial charge is 0.480 e. The molecule has 4 nitrogen and oxygen atoms in total. The molecule has 0 aliphatic carbocycles. The van der Waals surface area contributed by atoms with Crippen LogP contribution >= 0.6 is 0 Å². The highest BCUT2D eigenvalue weighted by atomic mass is 19.4. The number of carboxylic acid groups (broad SMARTS) is 1. The van der Waals surface area contributed by atoms with E-state index in [1.807, 2.05) is 0 Å². The van der Waals surface area contributed by atoms with E-state index < -0.39 is 29.9 Å².